The lowest BCUT2D eigenvalue weighted by molar-refractivity contribution is -0.298. The summed E-state index contributed by atoms with van der Waals surface area (Å²) in [4.78, 5) is 62.8. The lowest BCUT2D eigenvalue weighted by Gasteiger charge is -2.49. The maximum atomic E-state index is 15.2. The Morgan fingerprint density at radius 2 is 1.67 bits per heavy atom. The van der Waals surface area contributed by atoms with Gasteiger partial charge in [-0.2, -0.15) is 5.06 Å². The predicted octanol–water partition coefficient (Wildman–Crippen LogP) is 1.42. The number of hydrogen-bond donors (Lipinski definition) is 8. The number of unbranched alkanes of at least 4 members (excludes halogenated alkanes) is 4. The quantitative estimate of drug-likeness (QED) is 0.0537. The highest BCUT2D eigenvalue weighted by Gasteiger charge is 2.76. The monoisotopic (exact) mass is 978 g/mol. The van der Waals surface area contributed by atoms with E-state index in [1.807, 2.05) is 18.2 Å². The Morgan fingerprint density at radius 1 is 0.971 bits per heavy atom. The van der Waals surface area contributed by atoms with Crippen LogP contribution in [0.25, 0.3) is 6.08 Å². The molecule has 6 rings (SSSR count). The number of benzene rings is 1. The van der Waals surface area contributed by atoms with Crippen LogP contribution in [-0.4, -0.2) is 170 Å². The molecule has 69 heavy (non-hydrogen) atoms. The second kappa shape index (κ2) is 23.7. The molecule has 0 unspecified atom stereocenters. The van der Waals surface area contributed by atoms with Crippen molar-refractivity contribution in [2.24, 2.45) is 5.41 Å². The first-order valence-corrected chi connectivity index (χ1v) is 24.6. The van der Waals surface area contributed by atoms with Crippen molar-refractivity contribution in [3.63, 3.8) is 0 Å². The van der Waals surface area contributed by atoms with Crippen LogP contribution in [0.1, 0.15) is 123 Å². The number of nitrogens with zero attached hydrogens (tertiary/aromatic N) is 1. The van der Waals surface area contributed by atoms with Crippen LogP contribution >= 0.6 is 0 Å². The van der Waals surface area contributed by atoms with Crippen LogP contribution in [-0.2, 0) is 59.0 Å². The molecule has 0 spiro atoms. The van der Waals surface area contributed by atoms with E-state index < -0.39 is 133 Å². The third-order valence-electron chi connectivity index (χ3n) is 13.5. The summed E-state index contributed by atoms with van der Waals surface area (Å²) < 4.78 is 36.4. The highest BCUT2D eigenvalue weighted by molar-refractivity contribution is 5.96. The van der Waals surface area contributed by atoms with Crippen LogP contribution in [0.15, 0.2) is 30.3 Å². The Bertz CT molecular complexity index is 1920. The summed E-state index contributed by atoms with van der Waals surface area (Å²) in [5.41, 5.74) is -1.06. The minimum atomic E-state index is -1.70. The summed E-state index contributed by atoms with van der Waals surface area (Å²) in [6.45, 7) is 9.51. The summed E-state index contributed by atoms with van der Waals surface area (Å²) in [6, 6.07) is 3.45. The van der Waals surface area contributed by atoms with Gasteiger partial charge in [0.25, 0.3) is 0 Å². The van der Waals surface area contributed by atoms with E-state index >= 15 is 4.79 Å². The fraction of sp³-hybridized carbons (Fsp3) is 0.755. The Labute approximate surface area is 403 Å². The Hall–Kier alpha value is -3.64. The highest BCUT2D eigenvalue weighted by atomic mass is 16.8. The molecular weight excluding hydrogens is 903 g/mol. The molecule has 14 atom stereocenters. The van der Waals surface area contributed by atoms with Crippen LogP contribution in [0.5, 0.6) is 0 Å². The molecule has 4 aliphatic heterocycles. The summed E-state index contributed by atoms with van der Waals surface area (Å²) in [5, 5.41) is 68.1. The number of carbonyl (C=O) groups excluding carboxylic acids is 4. The molecule has 0 radical (unpaired) electrons. The fourth-order valence-electron chi connectivity index (χ4n) is 10.1. The van der Waals surface area contributed by atoms with Gasteiger partial charge in [0.2, 0.25) is 11.8 Å². The zero-order chi connectivity index (χ0) is 50.3. The molecule has 5 aliphatic rings. The smallest absolute Gasteiger partial charge is 0.327 e. The Kier molecular flexibility index (Phi) is 18.8. The molecule has 0 aromatic heterocycles. The van der Waals surface area contributed by atoms with E-state index in [-0.39, 0.29) is 32.4 Å². The number of hydrogen-bond acceptors (Lipinski definition) is 18. The molecule has 388 valence electrons. The largest absolute Gasteiger partial charge is 0.460 e. The second-order valence-corrected chi connectivity index (χ2v) is 20.1. The van der Waals surface area contributed by atoms with E-state index in [0.29, 0.717) is 24.0 Å². The molecule has 4 saturated heterocycles. The SMILES string of the molecule is CCCCCC1(CCCCC)O[C@@H]2[C@H](O1)[C@H]1ON(Cc3cccc(C=CCO[C@H]4O[C@H](CO)[C@H](O)[C@H](O)[C@H]4O)c3)[C@H]3C(=O)O[C@@H]2C[C@@]13C(=O)N[C@@H](C(=O)N[C@H](CO)CCC(=O)OC(C)(C)C)[C@H](C)O. The van der Waals surface area contributed by atoms with Crippen molar-refractivity contribution < 1.29 is 83.1 Å². The molecule has 2 amide bonds. The van der Waals surface area contributed by atoms with Gasteiger partial charge < -0.3 is 69.7 Å². The lowest BCUT2D eigenvalue weighted by Crippen LogP contribution is -2.71. The van der Waals surface area contributed by atoms with Gasteiger partial charge in [0.1, 0.15) is 65.9 Å². The first-order valence-electron chi connectivity index (χ1n) is 24.6. The summed E-state index contributed by atoms with van der Waals surface area (Å²) in [5.74, 6) is -3.85. The van der Waals surface area contributed by atoms with Gasteiger partial charge >= 0.3 is 11.9 Å². The maximum absolute atomic E-state index is 15.2. The topological polar surface area (TPSA) is 282 Å². The molecule has 20 heteroatoms. The molecule has 8 N–H and O–H groups in total. The number of rotatable bonds is 24. The summed E-state index contributed by atoms with van der Waals surface area (Å²) in [6.07, 6.45) is -2.31. The van der Waals surface area contributed by atoms with Crippen LogP contribution in [0.2, 0.25) is 0 Å². The summed E-state index contributed by atoms with van der Waals surface area (Å²) in [7, 11) is 0. The van der Waals surface area contributed by atoms with Gasteiger partial charge in [-0.25, -0.2) is 0 Å². The van der Waals surface area contributed by atoms with Crippen molar-refractivity contribution in [3.8, 4) is 0 Å². The molecule has 20 nitrogen and oxygen atoms in total. The van der Waals surface area contributed by atoms with Crippen LogP contribution in [0.4, 0.5) is 0 Å². The number of fused-ring (bicyclic) bond motifs is 4. The summed E-state index contributed by atoms with van der Waals surface area (Å²) >= 11 is 0. The first kappa shape index (κ1) is 54.7. The average molecular weight is 978 g/mol. The van der Waals surface area contributed by atoms with Gasteiger partial charge in [-0.1, -0.05) is 75.9 Å². The number of esters is 2. The number of aliphatic hydroxyl groups excluding tert-OH is 6. The van der Waals surface area contributed by atoms with Crippen molar-refractivity contribution in [2.45, 2.75) is 209 Å². The number of carbonyl (C=O) groups is 4. The minimum absolute atomic E-state index is 0.00839. The zero-order valence-corrected chi connectivity index (χ0v) is 40.7. The normalized spacial score (nSPS) is 32.0. The number of aliphatic hydroxyl groups is 6. The minimum Gasteiger partial charge on any atom is -0.460 e. The van der Waals surface area contributed by atoms with Crippen molar-refractivity contribution in [1.82, 2.24) is 15.7 Å². The van der Waals surface area contributed by atoms with Gasteiger partial charge in [0, 0.05) is 25.7 Å². The van der Waals surface area contributed by atoms with Gasteiger partial charge in [-0.3, -0.25) is 24.0 Å². The number of nitrogens with one attached hydrogen (secondary N) is 2. The highest BCUT2D eigenvalue weighted by Crippen LogP contribution is 2.58. The Morgan fingerprint density at radius 3 is 2.30 bits per heavy atom. The Balaban J connectivity index is 1.25. The maximum Gasteiger partial charge on any atom is 0.327 e. The van der Waals surface area contributed by atoms with E-state index in [0.717, 1.165) is 38.5 Å². The molecule has 4 heterocycles. The van der Waals surface area contributed by atoms with E-state index in [2.05, 4.69) is 24.5 Å². The van der Waals surface area contributed by atoms with E-state index in [1.54, 1.807) is 39.0 Å². The van der Waals surface area contributed by atoms with Crippen molar-refractivity contribution in [2.75, 3.05) is 19.8 Å². The molecule has 1 aromatic carbocycles. The molecular formula is C49H75N3O17. The first-order chi connectivity index (χ1) is 32.8. The van der Waals surface area contributed by atoms with E-state index in [4.69, 9.17) is 33.3 Å². The van der Waals surface area contributed by atoms with Crippen LogP contribution in [0.3, 0.4) is 0 Å². The number of amides is 2. The van der Waals surface area contributed by atoms with E-state index in [1.165, 1.54) is 12.0 Å². The van der Waals surface area contributed by atoms with Gasteiger partial charge in [-0.05, 0) is 58.1 Å². The van der Waals surface area contributed by atoms with Crippen LogP contribution in [0, 0.1) is 5.41 Å². The number of ether oxygens (including phenoxy) is 6. The standard InChI is InChI=1S/C49H75N3O17/c1-7-9-11-20-48(21-12-10-8-2)67-39-32-24-49(46(62)51-35(28(3)55)43(60)50-31(26-53)18-19-34(56)66-47(4,5)6)41(44(61)64-32)52(69-42(49)40(39)68-48)25-30-16-13-15-29(23-30)17-14-22-63-45-38(59)37(58)36(57)33(27-54)65-45/h13-17,23,28,31-33,35-42,45,53-55,57-59H,7-12,18-22,24-27H2,1-6H3,(H,50,60)(H,51,62)/t28-,31-,32+,33+,35+,36-,37-,38+,39-,40-,41-,42+,45-,49-/m0/s1. The lowest BCUT2D eigenvalue weighted by atomic mass is 9.62. The molecule has 1 aliphatic carbocycles. The van der Waals surface area contributed by atoms with Gasteiger partial charge in [-0.15, -0.1) is 0 Å². The number of hydroxylamine groups is 2. The molecule has 1 aromatic rings. The van der Waals surface area contributed by atoms with Crippen LogP contribution < -0.4 is 10.6 Å². The average Bonchev–Trinajstić information content (AvgIpc) is 3.86. The zero-order valence-electron chi connectivity index (χ0n) is 40.7. The molecule has 5 fully saturated rings. The fourth-order valence-corrected chi connectivity index (χ4v) is 10.1. The molecule has 1 saturated carbocycles. The second-order valence-electron chi connectivity index (χ2n) is 20.1. The van der Waals surface area contributed by atoms with Gasteiger partial charge in [0.05, 0.1) is 38.5 Å². The van der Waals surface area contributed by atoms with E-state index in [9.17, 15) is 45.0 Å². The van der Waals surface area contributed by atoms with Crippen molar-refractivity contribution in [3.05, 3.63) is 41.5 Å². The predicted molar refractivity (Wildman–Crippen MR) is 245 cm³/mol. The third kappa shape index (κ3) is 12.7. The van der Waals surface area contributed by atoms with Crippen molar-refractivity contribution >= 4 is 29.8 Å². The van der Waals surface area contributed by atoms with Gasteiger partial charge in [0.15, 0.2) is 18.1 Å². The molecule has 2 bridgehead atoms. The third-order valence-corrected chi connectivity index (χ3v) is 13.5. The van der Waals surface area contributed by atoms with Crippen molar-refractivity contribution in [1.29, 1.82) is 0 Å².